The highest BCUT2D eigenvalue weighted by molar-refractivity contribution is 6.42. The maximum atomic E-state index is 6.56. The van der Waals surface area contributed by atoms with Crippen LogP contribution in [0.3, 0.4) is 0 Å². The minimum atomic E-state index is 0.317. The Balaban J connectivity index is 1.51. The van der Waals surface area contributed by atoms with Crippen molar-refractivity contribution in [2.75, 3.05) is 12.4 Å². The van der Waals surface area contributed by atoms with Gasteiger partial charge in [0.25, 0.3) is 0 Å². The molecule has 4 aromatic carbocycles. The van der Waals surface area contributed by atoms with Gasteiger partial charge in [0.1, 0.15) is 6.61 Å². The molecule has 0 unspecified atom stereocenters. The average Bonchev–Trinajstić information content (AvgIpc) is 2.79. The first kappa shape index (κ1) is 21.6. The Morgan fingerprint density at radius 3 is 2.39 bits per heavy atom. The molecule has 0 saturated heterocycles. The fraction of sp³-hybridized carbons (Fsp3) is 0.120. The van der Waals surface area contributed by atoms with Crippen molar-refractivity contribution < 1.29 is 9.47 Å². The van der Waals surface area contributed by atoms with Crippen LogP contribution in [0.4, 0.5) is 5.69 Å². The Morgan fingerprint density at radius 1 is 0.774 bits per heavy atom. The monoisotopic (exact) mass is 471 g/mol. The first-order valence-corrected chi connectivity index (χ1v) is 10.8. The second kappa shape index (κ2) is 9.69. The Labute approximate surface area is 196 Å². The Morgan fingerprint density at radius 2 is 1.58 bits per heavy atom. The molecule has 1 N–H and O–H groups in total. The first-order chi connectivity index (χ1) is 15.0. The van der Waals surface area contributed by atoms with E-state index in [0.29, 0.717) is 39.7 Å². The van der Waals surface area contributed by atoms with E-state index in [2.05, 4.69) is 29.6 Å². The van der Waals surface area contributed by atoms with Crippen LogP contribution in [0.15, 0.2) is 72.8 Å². The summed E-state index contributed by atoms with van der Waals surface area (Å²) >= 11 is 18.6. The van der Waals surface area contributed by atoms with E-state index in [-0.39, 0.29) is 0 Å². The van der Waals surface area contributed by atoms with Crippen LogP contribution >= 0.6 is 34.8 Å². The normalized spacial score (nSPS) is 10.8. The molecule has 0 fully saturated rings. The standard InChI is InChI=1S/C25H20Cl3NO2/c1-30-24-12-18(14-29-23-8-4-6-17-5-2-3-7-19(17)23)21(27)13-25(24)31-15-16-9-10-20(26)22(28)11-16/h2-13,29H,14-15H2,1H3. The van der Waals surface area contributed by atoms with Crippen LogP contribution in [0.25, 0.3) is 10.8 Å². The molecule has 6 heteroatoms. The summed E-state index contributed by atoms with van der Waals surface area (Å²) in [5.41, 5.74) is 2.86. The zero-order chi connectivity index (χ0) is 21.8. The van der Waals surface area contributed by atoms with Crippen molar-refractivity contribution in [1.82, 2.24) is 0 Å². The molecule has 4 aromatic rings. The largest absolute Gasteiger partial charge is 0.493 e. The van der Waals surface area contributed by atoms with Crippen molar-refractivity contribution in [2.45, 2.75) is 13.2 Å². The molecule has 0 aliphatic heterocycles. The number of ether oxygens (including phenoxy) is 2. The predicted molar refractivity (Wildman–Crippen MR) is 130 cm³/mol. The average molecular weight is 473 g/mol. The van der Waals surface area contributed by atoms with Crippen LogP contribution < -0.4 is 14.8 Å². The number of methoxy groups -OCH3 is 1. The number of hydrogen-bond acceptors (Lipinski definition) is 3. The smallest absolute Gasteiger partial charge is 0.163 e. The number of anilines is 1. The van der Waals surface area contributed by atoms with Gasteiger partial charge in [0.05, 0.1) is 17.2 Å². The molecule has 158 valence electrons. The maximum Gasteiger partial charge on any atom is 0.163 e. The molecule has 0 spiro atoms. The summed E-state index contributed by atoms with van der Waals surface area (Å²) in [6.07, 6.45) is 0. The SMILES string of the molecule is COc1cc(CNc2cccc3ccccc23)c(Cl)cc1OCc1ccc(Cl)c(Cl)c1. The summed E-state index contributed by atoms with van der Waals surface area (Å²) in [5.74, 6) is 1.17. The van der Waals surface area contributed by atoms with Crippen molar-refractivity contribution in [3.8, 4) is 11.5 Å². The molecular weight excluding hydrogens is 453 g/mol. The molecule has 0 aromatic heterocycles. The highest BCUT2D eigenvalue weighted by atomic mass is 35.5. The molecule has 0 amide bonds. The second-order valence-corrected chi connectivity index (χ2v) is 8.23. The lowest BCUT2D eigenvalue weighted by Crippen LogP contribution is -2.03. The predicted octanol–water partition coefficient (Wildman–Crippen LogP) is 8.00. The maximum absolute atomic E-state index is 6.56. The second-order valence-electron chi connectivity index (χ2n) is 7.01. The number of halogens is 3. The third kappa shape index (κ3) is 5.01. The van der Waals surface area contributed by atoms with Crippen LogP contribution in [0, 0.1) is 0 Å². The molecule has 0 radical (unpaired) electrons. The zero-order valence-corrected chi connectivity index (χ0v) is 19.1. The minimum Gasteiger partial charge on any atom is -0.493 e. The summed E-state index contributed by atoms with van der Waals surface area (Å²) in [6, 6.07) is 23.5. The first-order valence-electron chi connectivity index (χ1n) is 9.70. The van der Waals surface area contributed by atoms with Crippen LogP contribution in [0.1, 0.15) is 11.1 Å². The summed E-state index contributed by atoms with van der Waals surface area (Å²) < 4.78 is 11.5. The number of nitrogens with one attached hydrogen (secondary N) is 1. The Bertz CT molecular complexity index is 1220. The molecule has 0 heterocycles. The number of fused-ring (bicyclic) bond motifs is 1. The summed E-state index contributed by atoms with van der Waals surface area (Å²) in [7, 11) is 1.61. The van der Waals surface area contributed by atoms with Gasteiger partial charge in [0.2, 0.25) is 0 Å². The molecule has 4 rings (SSSR count). The fourth-order valence-electron chi connectivity index (χ4n) is 3.35. The van der Waals surface area contributed by atoms with Crippen LogP contribution in [-0.2, 0) is 13.2 Å². The van der Waals surface area contributed by atoms with E-state index in [1.165, 1.54) is 5.39 Å². The zero-order valence-electron chi connectivity index (χ0n) is 16.8. The van der Waals surface area contributed by atoms with E-state index >= 15 is 0 Å². The number of benzene rings is 4. The highest BCUT2D eigenvalue weighted by Gasteiger charge is 2.12. The molecule has 31 heavy (non-hydrogen) atoms. The van der Waals surface area contributed by atoms with E-state index in [4.69, 9.17) is 44.3 Å². The number of rotatable bonds is 7. The van der Waals surface area contributed by atoms with Gasteiger partial charge < -0.3 is 14.8 Å². The Kier molecular flexibility index (Phi) is 6.77. The van der Waals surface area contributed by atoms with Gasteiger partial charge in [-0.3, -0.25) is 0 Å². The van der Waals surface area contributed by atoms with E-state index in [0.717, 1.165) is 22.2 Å². The van der Waals surface area contributed by atoms with Gasteiger partial charge in [-0.1, -0.05) is 77.3 Å². The molecule has 0 saturated carbocycles. The highest BCUT2D eigenvalue weighted by Crippen LogP contribution is 2.35. The molecular formula is C25H20Cl3NO2. The molecule has 3 nitrogen and oxygen atoms in total. The van der Waals surface area contributed by atoms with Crippen molar-refractivity contribution in [3.05, 3.63) is 99.0 Å². The summed E-state index contributed by atoms with van der Waals surface area (Å²) in [6.45, 7) is 0.869. The molecule has 0 aliphatic rings. The van der Waals surface area contributed by atoms with E-state index in [1.807, 2.05) is 30.3 Å². The Hall–Kier alpha value is -2.59. The number of hydrogen-bond donors (Lipinski definition) is 1. The summed E-state index contributed by atoms with van der Waals surface area (Å²) in [5, 5.41) is 7.41. The van der Waals surface area contributed by atoms with Crippen LogP contribution in [-0.4, -0.2) is 7.11 Å². The van der Waals surface area contributed by atoms with Gasteiger partial charge in [0, 0.05) is 28.7 Å². The van der Waals surface area contributed by atoms with Crippen LogP contribution in [0.2, 0.25) is 15.1 Å². The lowest BCUT2D eigenvalue weighted by molar-refractivity contribution is 0.284. The fourth-order valence-corrected chi connectivity index (χ4v) is 3.89. The van der Waals surface area contributed by atoms with Gasteiger partial charge in [-0.2, -0.15) is 0 Å². The van der Waals surface area contributed by atoms with Gasteiger partial charge in [-0.25, -0.2) is 0 Å². The lowest BCUT2D eigenvalue weighted by atomic mass is 10.1. The van der Waals surface area contributed by atoms with E-state index < -0.39 is 0 Å². The van der Waals surface area contributed by atoms with Crippen molar-refractivity contribution >= 4 is 51.3 Å². The van der Waals surface area contributed by atoms with Crippen molar-refractivity contribution in [1.29, 1.82) is 0 Å². The van der Waals surface area contributed by atoms with E-state index in [1.54, 1.807) is 25.3 Å². The molecule has 0 bridgehead atoms. The summed E-state index contributed by atoms with van der Waals surface area (Å²) in [4.78, 5) is 0. The van der Waals surface area contributed by atoms with E-state index in [9.17, 15) is 0 Å². The molecule has 0 aliphatic carbocycles. The van der Waals surface area contributed by atoms with Crippen LogP contribution in [0.5, 0.6) is 11.5 Å². The quantitative estimate of drug-likeness (QED) is 0.295. The minimum absolute atomic E-state index is 0.317. The topological polar surface area (TPSA) is 30.5 Å². The molecule has 0 atom stereocenters. The van der Waals surface area contributed by atoms with Gasteiger partial charge in [0.15, 0.2) is 11.5 Å². The lowest BCUT2D eigenvalue weighted by Gasteiger charge is -2.15. The third-order valence-corrected chi connectivity index (χ3v) is 6.06. The van der Waals surface area contributed by atoms with Crippen molar-refractivity contribution in [2.24, 2.45) is 0 Å². The third-order valence-electron chi connectivity index (χ3n) is 4.97. The van der Waals surface area contributed by atoms with Gasteiger partial charge in [-0.05, 0) is 40.8 Å². The van der Waals surface area contributed by atoms with Crippen molar-refractivity contribution in [3.63, 3.8) is 0 Å². The van der Waals surface area contributed by atoms with Gasteiger partial charge >= 0.3 is 0 Å². The van der Waals surface area contributed by atoms with Gasteiger partial charge in [-0.15, -0.1) is 0 Å².